The van der Waals surface area contributed by atoms with Crippen LogP contribution in [0.3, 0.4) is 0 Å². The molecule has 1 aromatic heterocycles. The van der Waals surface area contributed by atoms with Gasteiger partial charge in [0.05, 0.1) is 6.61 Å². The molecular weight excluding hydrogens is 254 g/mol. The van der Waals surface area contributed by atoms with E-state index in [0.29, 0.717) is 25.5 Å². The van der Waals surface area contributed by atoms with Crippen LogP contribution < -0.4 is 10.1 Å². The lowest BCUT2D eigenvalue weighted by atomic mass is 10.2. The Morgan fingerprint density at radius 3 is 2.55 bits per heavy atom. The third-order valence-electron chi connectivity index (χ3n) is 2.65. The molecule has 0 unspecified atom stereocenters. The predicted molar refractivity (Wildman–Crippen MR) is 76.6 cm³/mol. The van der Waals surface area contributed by atoms with Crippen molar-refractivity contribution in [2.75, 3.05) is 11.9 Å². The molecule has 0 fully saturated rings. The first kappa shape index (κ1) is 14.0. The van der Waals surface area contributed by atoms with Crippen molar-refractivity contribution in [1.82, 2.24) is 9.97 Å². The summed E-state index contributed by atoms with van der Waals surface area (Å²) >= 11 is 0. The number of hydrogen-bond donors (Lipinski definition) is 1. The van der Waals surface area contributed by atoms with Gasteiger partial charge in [-0.05, 0) is 31.0 Å². The van der Waals surface area contributed by atoms with E-state index in [-0.39, 0.29) is 5.91 Å². The first-order valence-electron chi connectivity index (χ1n) is 6.56. The number of anilines is 1. The van der Waals surface area contributed by atoms with Gasteiger partial charge in [0.15, 0.2) is 0 Å². The maximum Gasteiger partial charge on any atom is 0.316 e. The molecule has 0 spiro atoms. The van der Waals surface area contributed by atoms with Crippen molar-refractivity contribution < 1.29 is 9.53 Å². The zero-order valence-corrected chi connectivity index (χ0v) is 11.4. The number of aromatic nitrogens is 2. The molecule has 0 aliphatic rings. The average molecular weight is 271 g/mol. The molecule has 2 aromatic rings. The minimum atomic E-state index is -0.0231. The molecule has 2 rings (SSSR count). The number of amides is 1. The van der Waals surface area contributed by atoms with Gasteiger partial charge < -0.3 is 10.1 Å². The molecule has 1 aromatic carbocycles. The van der Waals surface area contributed by atoms with Crippen LogP contribution in [0.2, 0.25) is 0 Å². The van der Waals surface area contributed by atoms with Crippen molar-refractivity contribution in [3.8, 4) is 6.01 Å². The Morgan fingerprint density at radius 1 is 1.20 bits per heavy atom. The number of para-hydroxylation sites is 1. The van der Waals surface area contributed by atoms with E-state index in [1.807, 2.05) is 37.3 Å². The summed E-state index contributed by atoms with van der Waals surface area (Å²) in [5.41, 5.74) is 1.72. The number of nitrogens with one attached hydrogen (secondary N) is 1. The van der Waals surface area contributed by atoms with Crippen molar-refractivity contribution >= 4 is 11.6 Å². The molecule has 0 atom stereocenters. The molecule has 0 saturated carbocycles. The lowest BCUT2D eigenvalue weighted by molar-refractivity contribution is -0.116. The molecule has 0 saturated heterocycles. The van der Waals surface area contributed by atoms with Gasteiger partial charge in [-0.25, -0.2) is 9.97 Å². The van der Waals surface area contributed by atoms with Crippen molar-refractivity contribution in [2.45, 2.75) is 19.8 Å². The zero-order valence-electron chi connectivity index (χ0n) is 11.4. The summed E-state index contributed by atoms with van der Waals surface area (Å²) in [6.45, 7) is 2.42. The molecule has 5 nitrogen and oxygen atoms in total. The number of ether oxygens (including phenoxy) is 1. The van der Waals surface area contributed by atoms with Gasteiger partial charge in [0.25, 0.3) is 0 Å². The molecule has 0 bridgehead atoms. The van der Waals surface area contributed by atoms with Gasteiger partial charge >= 0.3 is 6.01 Å². The van der Waals surface area contributed by atoms with Crippen LogP contribution in [-0.2, 0) is 11.2 Å². The highest BCUT2D eigenvalue weighted by molar-refractivity contribution is 5.90. The molecule has 1 N–H and O–H groups in total. The Hall–Kier alpha value is -2.43. The highest BCUT2D eigenvalue weighted by atomic mass is 16.5. The Labute approximate surface area is 118 Å². The van der Waals surface area contributed by atoms with E-state index < -0.39 is 0 Å². The Kier molecular flexibility index (Phi) is 5.06. The smallest absolute Gasteiger partial charge is 0.316 e. The summed E-state index contributed by atoms with van der Waals surface area (Å²) in [5, 5.41) is 2.84. The number of nitrogens with zero attached hydrogens (tertiary/aromatic N) is 2. The van der Waals surface area contributed by atoms with Gasteiger partial charge in [0.1, 0.15) is 0 Å². The summed E-state index contributed by atoms with van der Waals surface area (Å²) < 4.78 is 5.16. The summed E-state index contributed by atoms with van der Waals surface area (Å²) in [6.07, 6.45) is 4.37. The monoisotopic (exact) mass is 271 g/mol. The average Bonchev–Trinajstić information content (AvgIpc) is 2.48. The summed E-state index contributed by atoms with van der Waals surface area (Å²) in [6, 6.07) is 9.76. The first-order chi connectivity index (χ1) is 9.78. The van der Waals surface area contributed by atoms with Gasteiger partial charge in [-0.15, -0.1) is 0 Å². The van der Waals surface area contributed by atoms with Crippen molar-refractivity contribution in [3.05, 3.63) is 48.3 Å². The van der Waals surface area contributed by atoms with Crippen LogP contribution in [0.25, 0.3) is 0 Å². The van der Waals surface area contributed by atoms with Gasteiger partial charge in [-0.2, -0.15) is 0 Å². The molecular formula is C15H17N3O2. The third kappa shape index (κ3) is 4.35. The predicted octanol–water partition coefficient (Wildman–Crippen LogP) is 2.45. The maximum atomic E-state index is 11.8. The topological polar surface area (TPSA) is 64.1 Å². The van der Waals surface area contributed by atoms with Crippen LogP contribution in [0.4, 0.5) is 5.69 Å². The van der Waals surface area contributed by atoms with Crippen LogP contribution in [0.1, 0.15) is 18.9 Å². The fourth-order valence-corrected chi connectivity index (χ4v) is 1.68. The van der Waals surface area contributed by atoms with E-state index in [0.717, 1.165) is 11.3 Å². The van der Waals surface area contributed by atoms with Gasteiger partial charge in [0, 0.05) is 24.5 Å². The summed E-state index contributed by atoms with van der Waals surface area (Å²) in [4.78, 5) is 19.9. The van der Waals surface area contributed by atoms with Crippen LogP contribution in [0.5, 0.6) is 6.01 Å². The number of aryl methyl sites for hydroxylation is 1. The van der Waals surface area contributed by atoms with Crippen LogP contribution >= 0.6 is 0 Å². The number of carbonyl (C=O) groups is 1. The Morgan fingerprint density at radius 2 is 1.90 bits per heavy atom. The van der Waals surface area contributed by atoms with E-state index in [1.54, 1.807) is 12.4 Å². The molecule has 1 heterocycles. The van der Waals surface area contributed by atoms with Crippen molar-refractivity contribution in [1.29, 1.82) is 0 Å². The molecule has 5 heteroatoms. The maximum absolute atomic E-state index is 11.8. The second-order valence-electron chi connectivity index (χ2n) is 4.22. The largest absolute Gasteiger partial charge is 0.464 e. The highest BCUT2D eigenvalue weighted by Gasteiger charge is 2.04. The lowest BCUT2D eigenvalue weighted by Gasteiger charge is -2.05. The van der Waals surface area contributed by atoms with Gasteiger partial charge in [-0.3, -0.25) is 4.79 Å². The van der Waals surface area contributed by atoms with Gasteiger partial charge in [-0.1, -0.05) is 18.2 Å². The summed E-state index contributed by atoms with van der Waals surface area (Å²) in [7, 11) is 0. The van der Waals surface area contributed by atoms with Gasteiger partial charge in [0.2, 0.25) is 5.91 Å². The quantitative estimate of drug-likeness (QED) is 0.876. The molecule has 20 heavy (non-hydrogen) atoms. The van der Waals surface area contributed by atoms with E-state index in [9.17, 15) is 4.79 Å². The van der Waals surface area contributed by atoms with E-state index >= 15 is 0 Å². The second kappa shape index (κ2) is 7.23. The standard InChI is InChI=1S/C15H17N3O2/c1-2-20-15-16-10-12(11-17-15)8-9-14(19)18-13-6-4-3-5-7-13/h3-7,10-11H,2,8-9H2,1H3,(H,18,19). The molecule has 0 radical (unpaired) electrons. The number of carbonyl (C=O) groups excluding carboxylic acids is 1. The lowest BCUT2D eigenvalue weighted by Crippen LogP contribution is -2.12. The fraction of sp³-hybridized carbons (Fsp3) is 0.267. The summed E-state index contributed by atoms with van der Waals surface area (Å²) in [5.74, 6) is -0.0231. The number of rotatable bonds is 6. The van der Waals surface area contributed by atoms with Crippen LogP contribution in [-0.4, -0.2) is 22.5 Å². The van der Waals surface area contributed by atoms with E-state index in [2.05, 4.69) is 15.3 Å². The minimum absolute atomic E-state index is 0.0231. The van der Waals surface area contributed by atoms with Crippen molar-refractivity contribution in [2.24, 2.45) is 0 Å². The molecule has 1 amide bonds. The molecule has 0 aliphatic carbocycles. The number of hydrogen-bond acceptors (Lipinski definition) is 4. The SMILES string of the molecule is CCOc1ncc(CCC(=O)Nc2ccccc2)cn1. The van der Waals surface area contributed by atoms with Crippen LogP contribution in [0.15, 0.2) is 42.7 Å². The second-order valence-corrected chi connectivity index (χ2v) is 4.22. The van der Waals surface area contributed by atoms with Crippen LogP contribution in [0, 0.1) is 0 Å². The number of benzene rings is 1. The molecule has 104 valence electrons. The fourth-order valence-electron chi connectivity index (χ4n) is 1.68. The highest BCUT2D eigenvalue weighted by Crippen LogP contribution is 2.08. The molecule has 0 aliphatic heterocycles. The van der Waals surface area contributed by atoms with E-state index in [1.165, 1.54) is 0 Å². The van der Waals surface area contributed by atoms with Crippen molar-refractivity contribution in [3.63, 3.8) is 0 Å². The third-order valence-corrected chi connectivity index (χ3v) is 2.65. The normalized spacial score (nSPS) is 10.1. The Balaban J connectivity index is 1.81. The first-order valence-corrected chi connectivity index (χ1v) is 6.56. The van der Waals surface area contributed by atoms with E-state index in [4.69, 9.17) is 4.74 Å². The zero-order chi connectivity index (χ0) is 14.2. The minimum Gasteiger partial charge on any atom is -0.464 e. The Bertz CT molecular complexity index is 541.